The van der Waals surface area contributed by atoms with Gasteiger partial charge < -0.3 is 4.42 Å². The van der Waals surface area contributed by atoms with E-state index in [9.17, 15) is 4.79 Å². The maximum absolute atomic E-state index is 11.9. The van der Waals surface area contributed by atoms with E-state index in [1.807, 2.05) is 62.4 Å². The molecule has 24 heavy (non-hydrogen) atoms. The van der Waals surface area contributed by atoms with Gasteiger partial charge in [0.1, 0.15) is 0 Å². The molecule has 0 radical (unpaired) electrons. The molecule has 1 amide bonds. The van der Waals surface area contributed by atoms with Gasteiger partial charge in [-0.15, -0.1) is 5.10 Å². The molecule has 1 heterocycles. The lowest BCUT2D eigenvalue weighted by Crippen LogP contribution is -2.07. The molecule has 3 rings (SSSR count). The van der Waals surface area contributed by atoms with Gasteiger partial charge >= 0.3 is 6.01 Å². The minimum absolute atomic E-state index is 0.0774. The second kappa shape index (κ2) is 6.91. The topological polar surface area (TPSA) is 68.0 Å². The van der Waals surface area contributed by atoms with Crippen molar-refractivity contribution in [1.82, 2.24) is 10.2 Å². The van der Waals surface area contributed by atoms with Gasteiger partial charge in [-0.1, -0.05) is 53.1 Å². The van der Waals surface area contributed by atoms with Gasteiger partial charge in [-0.25, -0.2) is 0 Å². The molecular weight excluding hydrogens is 302 g/mol. The third-order valence-corrected chi connectivity index (χ3v) is 3.51. The monoisotopic (exact) mass is 319 g/mol. The Morgan fingerprint density at radius 3 is 2.67 bits per heavy atom. The number of carbonyl (C=O) groups is 1. The van der Waals surface area contributed by atoms with Crippen LogP contribution < -0.4 is 5.32 Å². The van der Waals surface area contributed by atoms with E-state index in [2.05, 4.69) is 15.5 Å². The third kappa shape index (κ3) is 3.76. The summed E-state index contributed by atoms with van der Waals surface area (Å²) in [6.07, 6.45) is 3.15. The van der Waals surface area contributed by atoms with Crippen molar-refractivity contribution in [3.63, 3.8) is 0 Å². The van der Waals surface area contributed by atoms with E-state index in [0.29, 0.717) is 5.89 Å². The number of amides is 1. The van der Waals surface area contributed by atoms with Gasteiger partial charge in [0.2, 0.25) is 5.89 Å². The molecule has 0 aliphatic carbocycles. The van der Waals surface area contributed by atoms with E-state index >= 15 is 0 Å². The van der Waals surface area contributed by atoms with Crippen molar-refractivity contribution in [2.24, 2.45) is 0 Å². The van der Waals surface area contributed by atoms with E-state index < -0.39 is 0 Å². The van der Waals surface area contributed by atoms with Crippen molar-refractivity contribution in [1.29, 1.82) is 0 Å². The molecule has 1 N–H and O–H groups in total. The second-order valence-electron chi connectivity index (χ2n) is 5.46. The number of anilines is 1. The summed E-state index contributed by atoms with van der Waals surface area (Å²) in [5.41, 5.74) is 3.94. The highest BCUT2D eigenvalue weighted by atomic mass is 16.4. The van der Waals surface area contributed by atoms with Crippen molar-refractivity contribution < 1.29 is 9.21 Å². The van der Waals surface area contributed by atoms with Crippen LogP contribution in [0.3, 0.4) is 0 Å². The van der Waals surface area contributed by atoms with E-state index in [4.69, 9.17) is 4.42 Å². The van der Waals surface area contributed by atoms with E-state index in [1.54, 1.807) is 6.08 Å². The molecule has 1 aromatic heterocycles. The Morgan fingerprint density at radius 2 is 1.88 bits per heavy atom. The van der Waals surface area contributed by atoms with Crippen LogP contribution in [-0.4, -0.2) is 16.1 Å². The van der Waals surface area contributed by atoms with Crippen LogP contribution in [0.15, 0.2) is 59.0 Å². The molecule has 3 aromatic rings. The first kappa shape index (κ1) is 15.7. The van der Waals surface area contributed by atoms with Gasteiger partial charge in [0.25, 0.3) is 5.91 Å². The normalized spacial score (nSPS) is 10.9. The first-order valence-corrected chi connectivity index (χ1v) is 7.57. The van der Waals surface area contributed by atoms with Crippen LogP contribution in [0.2, 0.25) is 0 Å². The molecule has 0 aliphatic heterocycles. The molecule has 0 saturated carbocycles. The summed E-state index contributed by atoms with van der Waals surface area (Å²) in [4.78, 5) is 11.9. The SMILES string of the molecule is Cc1ccc(C)c(-c2nnc(NC(=O)C=Cc3ccccc3)o2)c1. The first-order chi connectivity index (χ1) is 11.6. The summed E-state index contributed by atoms with van der Waals surface area (Å²) in [6.45, 7) is 3.97. The summed E-state index contributed by atoms with van der Waals surface area (Å²) >= 11 is 0. The predicted molar refractivity (Wildman–Crippen MR) is 93.3 cm³/mol. The Balaban J connectivity index is 1.71. The van der Waals surface area contributed by atoms with E-state index in [0.717, 1.165) is 22.3 Å². The molecule has 0 spiro atoms. The number of nitrogens with zero attached hydrogens (tertiary/aromatic N) is 2. The molecule has 0 bridgehead atoms. The van der Waals surface area contributed by atoms with Crippen LogP contribution in [-0.2, 0) is 4.79 Å². The van der Waals surface area contributed by atoms with Crippen LogP contribution in [0.25, 0.3) is 17.5 Å². The number of aryl methyl sites for hydroxylation is 2. The van der Waals surface area contributed by atoms with Gasteiger partial charge in [-0.3, -0.25) is 10.1 Å². The molecule has 5 heteroatoms. The fourth-order valence-corrected chi connectivity index (χ4v) is 2.23. The summed E-state index contributed by atoms with van der Waals surface area (Å²) in [5.74, 6) is 0.0635. The smallest absolute Gasteiger partial charge is 0.322 e. The number of benzene rings is 2. The summed E-state index contributed by atoms with van der Waals surface area (Å²) in [7, 11) is 0. The lowest BCUT2D eigenvalue weighted by molar-refractivity contribution is -0.112. The number of carbonyl (C=O) groups excluding carboxylic acids is 1. The van der Waals surface area contributed by atoms with Gasteiger partial charge in [-0.2, -0.15) is 0 Å². The van der Waals surface area contributed by atoms with Crippen LogP contribution in [0.5, 0.6) is 0 Å². The van der Waals surface area contributed by atoms with Gasteiger partial charge in [0, 0.05) is 11.6 Å². The molecule has 0 fully saturated rings. The molecule has 0 aliphatic rings. The fourth-order valence-electron chi connectivity index (χ4n) is 2.23. The zero-order valence-electron chi connectivity index (χ0n) is 13.5. The standard InChI is InChI=1S/C19H17N3O2/c1-13-8-9-14(2)16(12-13)18-21-22-19(24-18)20-17(23)11-10-15-6-4-3-5-7-15/h3-12H,1-2H3,(H,20,22,23). The Kier molecular flexibility index (Phi) is 4.52. The molecule has 120 valence electrons. The Hall–Kier alpha value is -3.21. The fraction of sp³-hybridized carbons (Fsp3) is 0.105. The highest BCUT2D eigenvalue weighted by Gasteiger charge is 2.12. The average Bonchev–Trinajstić information content (AvgIpc) is 3.04. The number of nitrogens with one attached hydrogen (secondary N) is 1. The molecular formula is C19H17N3O2. The Labute approximate surface area is 140 Å². The zero-order chi connectivity index (χ0) is 16.9. The van der Waals surface area contributed by atoms with Crippen LogP contribution in [0.1, 0.15) is 16.7 Å². The third-order valence-electron chi connectivity index (χ3n) is 3.51. The number of hydrogen-bond acceptors (Lipinski definition) is 4. The quantitative estimate of drug-likeness (QED) is 0.738. The highest BCUT2D eigenvalue weighted by Crippen LogP contribution is 2.24. The Morgan fingerprint density at radius 1 is 1.08 bits per heavy atom. The van der Waals surface area contributed by atoms with Crippen LogP contribution in [0.4, 0.5) is 6.01 Å². The van der Waals surface area contributed by atoms with Crippen molar-refractivity contribution in [2.45, 2.75) is 13.8 Å². The molecule has 0 unspecified atom stereocenters. The summed E-state index contributed by atoms with van der Waals surface area (Å²) in [6, 6.07) is 15.6. The largest absolute Gasteiger partial charge is 0.403 e. The molecule has 0 saturated heterocycles. The van der Waals surface area contributed by atoms with Gasteiger partial charge in [-0.05, 0) is 37.1 Å². The lowest BCUT2D eigenvalue weighted by atomic mass is 10.1. The number of aromatic nitrogens is 2. The molecule has 5 nitrogen and oxygen atoms in total. The summed E-state index contributed by atoms with van der Waals surface area (Å²) in [5, 5.41) is 10.5. The maximum Gasteiger partial charge on any atom is 0.322 e. The second-order valence-corrected chi connectivity index (χ2v) is 5.46. The molecule has 0 atom stereocenters. The molecule has 2 aromatic carbocycles. The van der Waals surface area contributed by atoms with Crippen molar-refractivity contribution >= 4 is 18.0 Å². The highest BCUT2D eigenvalue weighted by molar-refractivity contribution is 6.00. The predicted octanol–water partition coefficient (Wildman–Crippen LogP) is 4.01. The van der Waals surface area contributed by atoms with Crippen molar-refractivity contribution in [3.05, 3.63) is 71.3 Å². The number of rotatable bonds is 4. The first-order valence-electron chi connectivity index (χ1n) is 7.57. The lowest BCUT2D eigenvalue weighted by Gasteiger charge is -2.01. The van der Waals surface area contributed by atoms with E-state index in [-0.39, 0.29) is 11.9 Å². The van der Waals surface area contributed by atoms with Gasteiger partial charge in [0.05, 0.1) is 0 Å². The summed E-state index contributed by atoms with van der Waals surface area (Å²) < 4.78 is 5.54. The van der Waals surface area contributed by atoms with E-state index in [1.165, 1.54) is 6.08 Å². The number of hydrogen-bond donors (Lipinski definition) is 1. The minimum atomic E-state index is -0.324. The van der Waals surface area contributed by atoms with Crippen molar-refractivity contribution in [2.75, 3.05) is 5.32 Å². The average molecular weight is 319 g/mol. The van der Waals surface area contributed by atoms with Crippen LogP contribution >= 0.6 is 0 Å². The van der Waals surface area contributed by atoms with Crippen LogP contribution in [0, 0.1) is 13.8 Å². The van der Waals surface area contributed by atoms with Crippen molar-refractivity contribution in [3.8, 4) is 11.5 Å². The minimum Gasteiger partial charge on any atom is -0.403 e. The van der Waals surface area contributed by atoms with Gasteiger partial charge in [0.15, 0.2) is 0 Å². The zero-order valence-corrected chi connectivity index (χ0v) is 13.5. The Bertz CT molecular complexity index is 883. The maximum atomic E-state index is 11.9.